The van der Waals surface area contributed by atoms with Crippen molar-refractivity contribution in [2.75, 3.05) is 0 Å². The second kappa shape index (κ2) is 9.39. The number of hydrogen-bond acceptors (Lipinski definition) is 7. The number of carbonyl (C=O) groups is 1. The van der Waals surface area contributed by atoms with E-state index in [2.05, 4.69) is 25.9 Å². The summed E-state index contributed by atoms with van der Waals surface area (Å²) in [7, 11) is 0. The first-order valence-electron chi connectivity index (χ1n) is 9.58. The molecule has 0 aliphatic heterocycles. The number of benzene rings is 3. The molecule has 1 amide bonds. The largest absolute Gasteiger partial charge is 0.271 e. The number of hydrazone groups is 1. The molecule has 3 aromatic carbocycles. The quantitative estimate of drug-likeness (QED) is 0.274. The topological polar surface area (TPSA) is 128 Å². The maximum atomic E-state index is 12.3. The minimum atomic E-state index is -0.491. The third-order valence-electron chi connectivity index (χ3n) is 4.49. The van der Waals surface area contributed by atoms with Gasteiger partial charge in [-0.25, -0.2) is 5.43 Å². The van der Waals surface area contributed by atoms with Crippen molar-refractivity contribution in [3.8, 4) is 11.4 Å². The van der Waals surface area contributed by atoms with E-state index in [-0.39, 0.29) is 5.69 Å². The van der Waals surface area contributed by atoms with Crippen molar-refractivity contribution in [2.45, 2.75) is 6.54 Å². The first-order chi connectivity index (χ1) is 15.6. The Labute approximate surface area is 182 Å². The number of aromatic nitrogens is 4. The Morgan fingerprint density at radius 2 is 1.84 bits per heavy atom. The van der Waals surface area contributed by atoms with Crippen LogP contribution >= 0.6 is 0 Å². The average Bonchev–Trinajstić information content (AvgIpc) is 3.29. The van der Waals surface area contributed by atoms with Gasteiger partial charge in [0.25, 0.3) is 11.6 Å². The number of nitrogens with one attached hydrogen (secondary N) is 1. The minimum Gasteiger partial charge on any atom is -0.267 e. The smallest absolute Gasteiger partial charge is 0.267 e. The van der Waals surface area contributed by atoms with Gasteiger partial charge in [-0.1, -0.05) is 54.6 Å². The van der Waals surface area contributed by atoms with Gasteiger partial charge in [0, 0.05) is 28.8 Å². The maximum Gasteiger partial charge on any atom is 0.271 e. The number of carbonyl (C=O) groups excluding carboxylic acids is 1. The van der Waals surface area contributed by atoms with E-state index < -0.39 is 10.8 Å². The van der Waals surface area contributed by atoms with Gasteiger partial charge in [-0.3, -0.25) is 14.9 Å². The van der Waals surface area contributed by atoms with Gasteiger partial charge in [0.1, 0.15) is 0 Å². The summed E-state index contributed by atoms with van der Waals surface area (Å²) >= 11 is 0. The lowest BCUT2D eigenvalue weighted by Crippen LogP contribution is -2.17. The summed E-state index contributed by atoms with van der Waals surface area (Å²) in [5.74, 6) is 0.145. The SMILES string of the molecule is O=C(NN=Cc1cccc([N+](=O)[O-])c1)c1ccc(Cn2nnc(-c3ccccc3)n2)cc1. The molecule has 0 aliphatic rings. The molecular weight excluding hydrogens is 410 g/mol. The predicted molar refractivity (Wildman–Crippen MR) is 117 cm³/mol. The van der Waals surface area contributed by atoms with Gasteiger partial charge in [-0.15, -0.1) is 10.2 Å². The molecule has 0 fully saturated rings. The fourth-order valence-electron chi connectivity index (χ4n) is 2.89. The van der Waals surface area contributed by atoms with Crippen molar-refractivity contribution >= 4 is 17.8 Å². The summed E-state index contributed by atoms with van der Waals surface area (Å²) < 4.78 is 0. The van der Waals surface area contributed by atoms with Crippen molar-refractivity contribution in [3.05, 3.63) is 106 Å². The van der Waals surface area contributed by atoms with Crippen LogP contribution in [0.3, 0.4) is 0 Å². The number of rotatable bonds is 7. The number of nitro groups is 1. The Hall–Kier alpha value is -4.73. The summed E-state index contributed by atoms with van der Waals surface area (Å²) in [4.78, 5) is 24.1. The van der Waals surface area contributed by atoms with Crippen LogP contribution in [-0.4, -0.2) is 37.3 Å². The van der Waals surface area contributed by atoms with Crippen LogP contribution in [0.4, 0.5) is 5.69 Å². The molecule has 1 heterocycles. The molecule has 10 heteroatoms. The van der Waals surface area contributed by atoms with Gasteiger partial charge in [-0.05, 0) is 22.9 Å². The normalized spacial score (nSPS) is 10.9. The number of nitro benzene ring substituents is 1. The molecule has 0 aliphatic carbocycles. The van der Waals surface area contributed by atoms with Crippen LogP contribution in [0.2, 0.25) is 0 Å². The van der Waals surface area contributed by atoms with E-state index >= 15 is 0 Å². The van der Waals surface area contributed by atoms with Crippen molar-refractivity contribution in [2.24, 2.45) is 5.10 Å². The van der Waals surface area contributed by atoms with Crippen molar-refractivity contribution in [1.29, 1.82) is 0 Å². The highest BCUT2D eigenvalue weighted by Gasteiger charge is 2.08. The summed E-state index contributed by atoms with van der Waals surface area (Å²) in [6.07, 6.45) is 1.35. The fourth-order valence-corrected chi connectivity index (χ4v) is 2.89. The summed E-state index contributed by atoms with van der Waals surface area (Å²) in [5.41, 5.74) is 5.07. The molecule has 0 spiro atoms. The van der Waals surface area contributed by atoms with Gasteiger partial charge in [0.15, 0.2) is 0 Å². The van der Waals surface area contributed by atoms with Crippen LogP contribution in [-0.2, 0) is 6.54 Å². The van der Waals surface area contributed by atoms with E-state index in [0.717, 1.165) is 11.1 Å². The first kappa shape index (κ1) is 20.5. The van der Waals surface area contributed by atoms with Crippen LogP contribution in [0.1, 0.15) is 21.5 Å². The molecule has 1 N–H and O–H groups in total. The monoisotopic (exact) mass is 427 g/mol. The molecule has 0 unspecified atom stereocenters. The van der Waals surface area contributed by atoms with Crippen molar-refractivity contribution in [3.63, 3.8) is 0 Å². The number of hydrogen-bond donors (Lipinski definition) is 1. The molecule has 4 aromatic rings. The molecule has 158 valence electrons. The highest BCUT2D eigenvalue weighted by molar-refractivity contribution is 5.94. The molecule has 0 bridgehead atoms. The zero-order valence-corrected chi connectivity index (χ0v) is 16.7. The van der Waals surface area contributed by atoms with E-state index in [1.54, 1.807) is 36.4 Å². The van der Waals surface area contributed by atoms with Crippen molar-refractivity contribution < 1.29 is 9.72 Å². The number of nitrogens with zero attached hydrogens (tertiary/aromatic N) is 6. The zero-order valence-electron chi connectivity index (χ0n) is 16.7. The van der Waals surface area contributed by atoms with Gasteiger partial charge in [0.2, 0.25) is 5.82 Å². The Morgan fingerprint density at radius 3 is 2.59 bits per heavy atom. The summed E-state index contributed by atoms with van der Waals surface area (Å²) in [5, 5.41) is 27.2. The number of tetrazole rings is 1. The van der Waals surface area contributed by atoms with E-state index in [0.29, 0.717) is 23.5 Å². The molecule has 32 heavy (non-hydrogen) atoms. The Balaban J connectivity index is 1.35. The third-order valence-corrected chi connectivity index (χ3v) is 4.49. The summed E-state index contributed by atoms with van der Waals surface area (Å²) in [6, 6.07) is 22.4. The van der Waals surface area contributed by atoms with Gasteiger partial charge in [0.05, 0.1) is 17.7 Å². The Bertz CT molecular complexity index is 1270. The number of amides is 1. The van der Waals surface area contributed by atoms with Gasteiger partial charge < -0.3 is 0 Å². The van der Waals surface area contributed by atoms with Gasteiger partial charge >= 0.3 is 0 Å². The standard InChI is InChI=1S/C22H17N7O3/c30-22(25-23-14-17-5-4-8-20(13-17)29(31)32)19-11-9-16(10-12-19)15-28-26-21(24-27-28)18-6-2-1-3-7-18/h1-14H,15H2,(H,25,30). The number of non-ortho nitro benzene ring substituents is 1. The lowest BCUT2D eigenvalue weighted by molar-refractivity contribution is -0.384. The van der Waals surface area contributed by atoms with E-state index in [9.17, 15) is 14.9 Å². The van der Waals surface area contributed by atoms with E-state index in [1.165, 1.54) is 23.1 Å². The molecule has 0 radical (unpaired) electrons. The van der Waals surface area contributed by atoms with Crippen LogP contribution in [0.5, 0.6) is 0 Å². The Morgan fingerprint density at radius 1 is 1.06 bits per heavy atom. The maximum absolute atomic E-state index is 12.3. The minimum absolute atomic E-state index is 0.0476. The van der Waals surface area contributed by atoms with E-state index in [1.807, 2.05) is 30.3 Å². The van der Waals surface area contributed by atoms with Crippen LogP contribution in [0, 0.1) is 10.1 Å². The highest BCUT2D eigenvalue weighted by Crippen LogP contribution is 2.13. The fraction of sp³-hybridized carbons (Fsp3) is 0.0455. The average molecular weight is 427 g/mol. The summed E-state index contributed by atoms with van der Waals surface area (Å²) in [6.45, 7) is 0.409. The zero-order chi connectivity index (χ0) is 22.3. The lowest BCUT2D eigenvalue weighted by Gasteiger charge is -2.03. The predicted octanol–water partition coefficient (Wildman–Crippen LogP) is 3.06. The lowest BCUT2D eigenvalue weighted by atomic mass is 10.1. The van der Waals surface area contributed by atoms with Crippen LogP contribution < -0.4 is 5.43 Å². The molecule has 0 atom stereocenters. The third kappa shape index (κ3) is 5.05. The van der Waals surface area contributed by atoms with Gasteiger partial charge in [-0.2, -0.15) is 9.90 Å². The van der Waals surface area contributed by atoms with E-state index in [4.69, 9.17) is 0 Å². The molecule has 4 rings (SSSR count). The van der Waals surface area contributed by atoms with Crippen LogP contribution in [0.15, 0.2) is 84.0 Å². The van der Waals surface area contributed by atoms with Crippen LogP contribution in [0.25, 0.3) is 11.4 Å². The first-order valence-corrected chi connectivity index (χ1v) is 9.58. The highest BCUT2D eigenvalue weighted by atomic mass is 16.6. The molecule has 1 aromatic heterocycles. The second-order valence-corrected chi connectivity index (χ2v) is 6.76. The molecule has 0 saturated heterocycles. The molecule has 0 saturated carbocycles. The second-order valence-electron chi connectivity index (χ2n) is 6.76. The molecule has 10 nitrogen and oxygen atoms in total. The molecular formula is C22H17N7O3. The van der Waals surface area contributed by atoms with Crippen molar-refractivity contribution in [1.82, 2.24) is 25.6 Å². The Kier molecular flexibility index (Phi) is 6.03.